The second-order valence-electron chi connectivity index (χ2n) is 6.43. The lowest BCUT2D eigenvalue weighted by Crippen LogP contribution is -2.36. The lowest BCUT2D eigenvalue weighted by atomic mass is 10.2. The van der Waals surface area contributed by atoms with E-state index in [0.29, 0.717) is 11.4 Å². The van der Waals surface area contributed by atoms with Crippen LogP contribution in [0.4, 0.5) is 14.5 Å². The van der Waals surface area contributed by atoms with E-state index < -0.39 is 17.5 Å². The van der Waals surface area contributed by atoms with Crippen LogP contribution in [0.5, 0.6) is 5.75 Å². The van der Waals surface area contributed by atoms with Gasteiger partial charge in [-0.05, 0) is 60.5 Å². The Balaban J connectivity index is 1.88. The molecule has 6 nitrogen and oxygen atoms in total. The first-order valence-electron chi connectivity index (χ1n) is 9.07. The summed E-state index contributed by atoms with van der Waals surface area (Å²) in [5.41, 5.74) is 2.40. The first kappa shape index (κ1) is 20.9. The molecule has 1 heterocycles. The summed E-state index contributed by atoms with van der Waals surface area (Å²) >= 11 is 0. The molecule has 0 spiro atoms. The van der Waals surface area contributed by atoms with Crippen LogP contribution in [0.15, 0.2) is 65.9 Å². The van der Waals surface area contributed by atoms with E-state index in [1.807, 2.05) is 19.1 Å². The van der Waals surface area contributed by atoms with Gasteiger partial charge >= 0.3 is 0 Å². The number of amides is 1. The molecule has 0 saturated heterocycles. The monoisotopic (exact) mass is 410 g/mol. The summed E-state index contributed by atoms with van der Waals surface area (Å²) in [5, 5.41) is 5.66. The number of rotatable bonds is 5. The van der Waals surface area contributed by atoms with E-state index in [0.717, 1.165) is 23.3 Å². The number of methoxy groups -OCH3 is 1. The number of benzene rings is 2. The van der Waals surface area contributed by atoms with E-state index in [9.17, 15) is 13.6 Å². The number of carbonyl (C=O) groups excluding carboxylic acids is 1. The molecule has 1 aromatic heterocycles. The van der Waals surface area contributed by atoms with Gasteiger partial charge in [-0.3, -0.25) is 15.1 Å². The molecule has 154 valence electrons. The number of nitrogens with one attached hydrogen (secondary N) is 2. The van der Waals surface area contributed by atoms with Crippen molar-refractivity contribution in [2.45, 2.75) is 13.5 Å². The van der Waals surface area contributed by atoms with Crippen LogP contribution < -0.4 is 15.4 Å². The van der Waals surface area contributed by atoms with Gasteiger partial charge < -0.3 is 10.1 Å². The average Bonchev–Trinajstić information content (AvgIpc) is 2.75. The third-order valence-corrected chi connectivity index (χ3v) is 4.19. The Labute approximate surface area is 172 Å². The fourth-order valence-electron chi connectivity index (χ4n) is 2.63. The number of halogens is 2. The van der Waals surface area contributed by atoms with Crippen molar-refractivity contribution < 1.29 is 18.3 Å². The van der Waals surface area contributed by atoms with Crippen LogP contribution >= 0.6 is 0 Å². The van der Waals surface area contributed by atoms with Gasteiger partial charge in [0.2, 0.25) is 5.96 Å². The van der Waals surface area contributed by atoms with Gasteiger partial charge in [-0.25, -0.2) is 13.8 Å². The Kier molecular flexibility index (Phi) is 6.69. The van der Waals surface area contributed by atoms with Crippen molar-refractivity contribution in [3.05, 3.63) is 89.2 Å². The van der Waals surface area contributed by atoms with Gasteiger partial charge in [0.05, 0.1) is 19.3 Å². The van der Waals surface area contributed by atoms with Gasteiger partial charge in [0.25, 0.3) is 5.91 Å². The summed E-state index contributed by atoms with van der Waals surface area (Å²) in [4.78, 5) is 21.0. The summed E-state index contributed by atoms with van der Waals surface area (Å²) in [6, 6.07) is 12.0. The van der Waals surface area contributed by atoms with E-state index in [1.165, 1.54) is 13.2 Å². The molecule has 0 unspecified atom stereocenters. The van der Waals surface area contributed by atoms with Gasteiger partial charge in [-0.15, -0.1) is 0 Å². The normalized spacial score (nSPS) is 11.1. The van der Waals surface area contributed by atoms with Crippen LogP contribution in [0, 0.1) is 18.6 Å². The average molecular weight is 410 g/mol. The topological polar surface area (TPSA) is 75.6 Å². The number of hydrogen-bond acceptors (Lipinski definition) is 4. The Morgan fingerprint density at radius 1 is 1.07 bits per heavy atom. The predicted octanol–water partition coefficient (Wildman–Crippen LogP) is 4.07. The second-order valence-corrected chi connectivity index (χ2v) is 6.43. The summed E-state index contributed by atoms with van der Waals surface area (Å²) in [7, 11) is 1.53. The summed E-state index contributed by atoms with van der Waals surface area (Å²) in [6.07, 6.45) is 3.28. The lowest BCUT2D eigenvalue weighted by molar-refractivity contribution is 0.0976. The number of ether oxygens (including phenoxy) is 1. The third-order valence-electron chi connectivity index (χ3n) is 4.19. The molecule has 1 amide bonds. The number of aliphatic imine (C=N–C) groups is 1. The van der Waals surface area contributed by atoms with Crippen LogP contribution in [0.25, 0.3) is 0 Å². The number of nitrogens with zero attached hydrogens (tertiary/aromatic N) is 2. The number of anilines is 1. The highest BCUT2D eigenvalue weighted by Crippen LogP contribution is 2.25. The van der Waals surface area contributed by atoms with Crippen molar-refractivity contribution in [3.8, 4) is 5.75 Å². The molecule has 0 saturated carbocycles. The first-order chi connectivity index (χ1) is 14.5. The SMILES string of the molecule is COc1ccc(C)cc1NC(=NCc1ccncc1)NC(=O)c1ccc(F)c(F)c1. The highest BCUT2D eigenvalue weighted by molar-refractivity contribution is 6.10. The van der Waals surface area contributed by atoms with Crippen molar-refractivity contribution in [3.63, 3.8) is 0 Å². The Hall–Kier alpha value is -3.81. The summed E-state index contributed by atoms with van der Waals surface area (Å²) in [5.74, 6) is -2.08. The maximum Gasteiger partial charge on any atom is 0.258 e. The van der Waals surface area contributed by atoms with Gasteiger partial charge in [0.1, 0.15) is 5.75 Å². The van der Waals surface area contributed by atoms with Crippen LogP contribution in [-0.2, 0) is 6.54 Å². The zero-order valence-electron chi connectivity index (χ0n) is 16.4. The smallest absolute Gasteiger partial charge is 0.258 e. The van der Waals surface area contributed by atoms with Crippen LogP contribution in [0.1, 0.15) is 21.5 Å². The zero-order valence-corrected chi connectivity index (χ0v) is 16.4. The molecular formula is C22H20F2N4O2. The van der Waals surface area contributed by atoms with Crippen LogP contribution in [-0.4, -0.2) is 24.0 Å². The number of pyridine rings is 1. The van der Waals surface area contributed by atoms with E-state index in [4.69, 9.17) is 4.74 Å². The highest BCUT2D eigenvalue weighted by atomic mass is 19.2. The minimum absolute atomic E-state index is 0.0384. The molecule has 0 aliphatic carbocycles. The van der Waals surface area contributed by atoms with Crippen molar-refractivity contribution >= 4 is 17.6 Å². The highest BCUT2D eigenvalue weighted by Gasteiger charge is 2.14. The summed E-state index contributed by atoms with van der Waals surface area (Å²) < 4.78 is 32.0. The van der Waals surface area contributed by atoms with E-state index >= 15 is 0 Å². The van der Waals surface area contributed by atoms with Gasteiger partial charge in [-0.1, -0.05) is 6.07 Å². The molecule has 30 heavy (non-hydrogen) atoms. The fraction of sp³-hybridized carbons (Fsp3) is 0.136. The van der Waals surface area contributed by atoms with Crippen molar-refractivity contribution in [2.24, 2.45) is 4.99 Å². The molecule has 0 aliphatic rings. The maximum absolute atomic E-state index is 13.5. The number of aromatic nitrogens is 1. The number of guanidine groups is 1. The zero-order chi connectivity index (χ0) is 21.5. The molecule has 0 radical (unpaired) electrons. The van der Waals surface area contributed by atoms with E-state index in [-0.39, 0.29) is 18.1 Å². The third kappa shape index (κ3) is 5.38. The second kappa shape index (κ2) is 9.60. The molecule has 0 atom stereocenters. The number of hydrogen-bond donors (Lipinski definition) is 2. The molecule has 3 rings (SSSR count). The Morgan fingerprint density at radius 2 is 1.83 bits per heavy atom. The minimum Gasteiger partial charge on any atom is -0.495 e. The Bertz CT molecular complexity index is 1070. The van der Waals surface area contributed by atoms with Crippen LogP contribution in [0.2, 0.25) is 0 Å². The molecule has 0 fully saturated rings. The van der Waals surface area contributed by atoms with Crippen molar-refractivity contribution in [2.75, 3.05) is 12.4 Å². The molecule has 0 bridgehead atoms. The standard InChI is InChI=1S/C22H20F2N4O2/c1-14-3-6-20(30-2)19(11-14)27-22(26-13-15-7-9-25-10-8-15)28-21(29)16-4-5-17(23)18(24)12-16/h3-12H,13H2,1-2H3,(H2,26,27,28,29). The molecule has 3 aromatic rings. The number of carbonyl (C=O) groups is 1. The van der Waals surface area contributed by atoms with Crippen molar-refractivity contribution in [1.82, 2.24) is 10.3 Å². The quantitative estimate of drug-likeness (QED) is 0.491. The lowest BCUT2D eigenvalue weighted by Gasteiger charge is -2.15. The minimum atomic E-state index is -1.11. The largest absolute Gasteiger partial charge is 0.495 e. The predicted molar refractivity (Wildman–Crippen MR) is 111 cm³/mol. The number of aryl methyl sites for hydroxylation is 1. The maximum atomic E-state index is 13.5. The molecule has 8 heteroatoms. The fourth-order valence-corrected chi connectivity index (χ4v) is 2.63. The van der Waals surface area contributed by atoms with Gasteiger partial charge in [-0.2, -0.15) is 0 Å². The first-order valence-corrected chi connectivity index (χ1v) is 9.07. The Morgan fingerprint density at radius 3 is 2.53 bits per heavy atom. The molecule has 2 N–H and O–H groups in total. The van der Waals surface area contributed by atoms with Gasteiger partial charge in [0, 0.05) is 18.0 Å². The van der Waals surface area contributed by atoms with E-state index in [2.05, 4.69) is 20.6 Å². The van der Waals surface area contributed by atoms with Gasteiger partial charge in [0.15, 0.2) is 11.6 Å². The van der Waals surface area contributed by atoms with Crippen LogP contribution in [0.3, 0.4) is 0 Å². The van der Waals surface area contributed by atoms with Crippen molar-refractivity contribution in [1.29, 1.82) is 0 Å². The summed E-state index contributed by atoms with van der Waals surface area (Å²) in [6.45, 7) is 2.18. The van der Waals surface area contributed by atoms with E-state index in [1.54, 1.807) is 30.6 Å². The molecule has 2 aromatic carbocycles. The molecule has 0 aliphatic heterocycles. The molecular weight excluding hydrogens is 390 g/mol.